The van der Waals surface area contributed by atoms with E-state index in [1.54, 1.807) is 0 Å². The molecule has 0 unspecified atom stereocenters. The SMILES string of the molecule is c1ccc(-n2c3ccccc3c3cc4c5ccc6c(c7cnccc7n7c8ncccc8nc67)c5n(-c5ccccc5)c4cc32)cc1. The number of rotatable bonds is 2. The predicted molar refractivity (Wildman–Crippen MR) is 192 cm³/mol. The second-order valence-electron chi connectivity index (χ2n) is 12.1. The number of benzene rings is 5. The molecule has 0 aliphatic heterocycles. The van der Waals surface area contributed by atoms with Crippen molar-refractivity contribution < 1.29 is 0 Å². The number of fused-ring (bicyclic) bond motifs is 15. The summed E-state index contributed by atoms with van der Waals surface area (Å²) < 4.78 is 7.00. The van der Waals surface area contributed by atoms with Gasteiger partial charge in [-0.2, -0.15) is 0 Å². The third kappa shape index (κ3) is 3.21. The summed E-state index contributed by atoms with van der Waals surface area (Å²) in [5.41, 5.74) is 10.6. The van der Waals surface area contributed by atoms with E-state index < -0.39 is 0 Å². The summed E-state index contributed by atoms with van der Waals surface area (Å²) in [7, 11) is 0. The van der Waals surface area contributed by atoms with Gasteiger partial charge < -0.3 is 9.13 Å². The predicted octanol–water partition coefficient (Wildman–Crippen LogP) is 9.78. The maximum atomic E-state index is 5.14. The first-order valence-corrected chi connectivity index (χ1v) is 15.8. The van der Waals surface area contributed by atoms with Crippen LogP contribution in [0.4, 0.5) is 0 Å². The van der Waals surface area contributed by atoms with Gasteiger partial charge in [-0.1, -0.05) is 60.7 Å². The highest BCUT2D eigenvalue weighted by Gasteiger charge is 2.23. The fraction of sp³-hybridized carbons (Fsp3) is 0. The van der Waals surface area contributed by atoms with Crippen molar-refractivity contribution in [3.8, 4) is 11.4 Å². The molecule has 0 fully saturated rings. The summed E-state index contributed by atoms with van der Waals surface area (Å²) in [5, 5.41) is 8.14. The van der Waals surface area contributed by atoms with E-state index in [1.165, 1.54) is 32.6 Å². The molecular formula is C41H24N6. The van der Waals surface area contributed by atoms with Crippen molar-refractivity contribution in [2.24, 2.45) is 0 Å². The third-order valence-corrected chi connectivity index (χ3v) is 9.72. The number of nitrogens with zero attached hydrogens (tertiary/aromatic N) is 6. The second kappa shape index (κ2) is 9.02. The Hall–Kier alpha value is -6.53. The highest BCUT2D eigenvalue weighted by Crippen LogP contribution is 2.44. The molecule has 0 atom stereocenters. The average molecular weight is 601 g/mol. The van der Waals surface area contributed by atoms with E-state index in [-0.39, 0.29) is 0 Å². The van der Waals surface area contributed by atoms with Gasteiger partial charge in [-0.3, -0.25) is 9.38 Å². The molecular weight excluding hydrogens is 576 g/mol. The van der Waals surface area contributed by atoms with E-state index in [0.29, 0.717) is 0 Å². The van der Waals surface area contributed by atoms with Crippen LogP contribution in [0.2, 0.25) is 0 Å². The molecule has 11 aromatic rings. The minimum Gasteiger partial charge on any atom is -0.309 e. The fourth-order valence-electron chi connectivity index (χ4n) is 7.82. The van der Waals surface area contributed by atoms with Crippen LogP contribution in [0.1, 0.15) is 0 Å². The third-order valence-electron chi connectivity index (χ3n) is 9.72. The van der Waals surface area contributed by atoms with Crippen LogP contribution >= 0.6 is 0 Å². The van der Waals surface area contributed by atoms with Gasteiger partial charge in [0.15, 0.2) is 5.65 Å². The zero-order chi connectivity index (χ0) is 30.6. The molecule has 47 heavy (non-hydrogen) atoms. The minimum atomic E-state index is 0.848. The van der Waals surface area contributed by atoms with Crippen molar-refractivity contribution in [1.29, 1.82) is 0 Å². The van der Waals surface area contributed by atoms with Gasteiger partial charge >= 0.3 is 0 Å². The van der Waals surface area contributed by atoms with Gasteiger partial charge in [0.1, 0.15) is 11.2 Å². The van der Waals surface area contributed by atoms with Crippen LogP contribution in [0.5, 0.6) is 0 Å². The van der Waals surface area contributed by atoms with Crippen LogP contribution in [0, 0.1) is 0 Å². The first-order chi connectivity index (χ1) is 23.3. The Kier molecular flexibility index (Phi) is 4.75. The number of hydrogen-bond donors (Lipinski definition) is 0. The van der Waals surface area contributed by atoms with E-state index in [4.69, 9.17) is 9.97 Å². The summed E-state index contributed by atoms with van der Waals surface area (Å²) in [5.74, 6) is 0. The molecule has 5 aromatic carbocycles. The lowest BCUT2D eigenvalue weighted by Gasteiger charge is -2.13. The molecule has 0 saturated heterocycles. The molecule has 6 heteroatoms. The van der Waals surface area contributed by atoms with Crippen molar-refractivity contribution in [2.45, 2.75) is 0 Å². The van der Waals surface area contributed by atoms with Gasteiger partial charge in [0.2, 0.25) is 0 Å². The van der Waals surface area contributed by atoms with Crippen LogP contribution in [0.3, 0.4) is 0 Å². The van der Waals surface area contributed by atoms with Crippen LogP contribution in [-0.2, 0) is 0 Å². The van der Waals surface area contributed by atoms with Gasteiger partial charge in [-0.05, 0) is 66.7 Å². The molecule has 0 aliphatic carbocycles. The molecule has 11 rings (SSSR count). The fourth-order valence-corrected chi connectivity index (χ4v) is 7.82. The van der Waals surface area contributed by atoms with E-state index >= 15 is 0 Å². The van der Waals surface area contributed by atoms with Gasteiger partial charge in [-0.15, -0.1) is 0 Å². The Bertz CT molecular complexity index is 3060. The molecule has 0 radical (unpaired) electrons. The lowest BCUT2D eigenvalue weighted by atomic mass is 10.0. The number of hydrogen-bond acceptors (Lipinski definition) is 3. The number of imidazole rings is 1. The topological polar surface area (TPSA) is 52.9 Å². The van der Waals surface area contributed by atoms with Crippen molar-refractivity contribution in [3.63, 3.8) is 0 Å². The molecule has 218 valence electrons. The largest absolute Gasteiger partial charge is 0.309 e. The Labute approximate surface area is 267 Å². The quantitative estimate of drug-likeness (QED) is 0.186. The molecule has 0 saturated carbocycles. The number of pyridine rings is 3. The lowest BCUT2D eigenvalue weighted by molar-refractivity contribution is 1.17. The van der Waals surface area contributed by atoms with E-state index in [0.717, 1.165) is 60.9 Å². The molecule has 0 N–H and O–H groups in total. The van der Waals surface area contributed by atoms with Crippen molar-refractivity contribution in [2.75, 3.05) is 0 Å². The maximum absolute atomic E-state index is 5.14. The molecule has 0 spiro atoms. The highest BCUT2D eigenvalue weighted by atomic mass is 15.1. The molecule has 6 aromatic heterocycles. The molecule has 0 aliphatic rings. The average Bonchev–Trinajstić information content (AvgIpc) is 3.79. The number of para-hydroxylation sites is 3. The van der Waals surface area contributed by atoms with Crippen LogP contribution in [-0.4, -0.2) is 28.5 Å². The van der Waals surface area contributed by atoms with Crippen LogP contribution in [0.25, 0.3) is 93.5 Å². The Balaban J connectivity index is 1.41. The molecule has 6 nitrogen and oxygen atoms in total. The summed E-state index contributed by atoms with van der Waals surface area (Å²) in [6.07, 6.45) is 5.68. The summed E-state index contributed by atoms with van der Waals surface area (Å²) in [4.78, 5) is 14.5. The molecule has 6 heterocycles. The summed E-state index contributed by atoms with van der Waals surface area (Å²) in [6.45, 7) is 0. The second-order valence-corrected chi connectivity index (χ2v) is 12.1. The van der Waals surface area contributed by atoms with Crippen LogP contribution < -0.4 is 0 Å². The standard InChI is InChI=1S/C41H24N6/c1-3-10-25(11-4-1)45-34-16-8-7-14-27(34)30-22-31-28-17-18-29-38(39(28)46(37(31)23-36(30)45)26-12-5-2-6-13-26)32-24-42-21-19-35(32)47-40(29)44-33-15-9-20-43-41(33)47/h1-24H. The van der Waals surface area contributed by atoms with Crippen molar-refractivity contribution in [1.82, 2.24) is 28.5 Å². The number of aromatic nitrogens is 6. The van der Waals surface area contributed by atoms with Crippen molar-refractivity contribution in [3.05, 3.63) is 146 Å². The maximum Gasteiger partial charge on any atom is 0.164 e. The Morgan fingerprint density at radius 3 is 2.02 bits per heavy atom. The van der Waals surface area contributed by atoms with Crippen LogP contribution in [0.15, 0.2) is 146 Å². The normalized spacial score (nSPS) is 12.3. The van der Waals surface area contributed by atoms with Gasteiger partial charge in [0, 0.05) is 67.7 Å². The Morgan fingerprint density at radius 2 is 1.17 bits per heavy atom. The summed E-state index contributed by atoms with van der Waals surface area (Å²) in [6, 6.07) is 45.4. The van der Waals surface area contributed by atoms with E-state index in [2.05, 4.69) is 134 Å². The smallest absolute Gasteiger partial charge is 0.164 e. The van der Waals surface area contributed by atoms with Gasteiger partial charge in [0.25, 0.3) is 0 Å². The lowest BCUT2D eigenvalue weighted by Crippen LogP contribution is -1.98. The van der Waals surface area contributed by atoms with E-state index in [9.17, 15) is 0 Å². The minimum absolute atomic E-state index is 0.848. The van der Waals surface area contributed by atoms with Crippen molar-refractivity contribution >= 4 is 82.1 Å². The van der Waals surface area contributed by atoms with E-state index in [1.807, 2.05) is 30.7 Å². The Morgan fingerprint density at radius 1 is 0.447 bits per heavy atom. The summed E-state index contributed by atoms with van der Waals surface area (Å²) >= 11 is 0. The molecule has 0 bridgehead atoms. The first-order valence-electron chi connectivity index (χ1n) is 15.8. The highest BCUT2D eigenvalue weighted by molar-refractivity contribution is 6.29. The first kappa shape index (κ1) is 24.8. The zero-order valence-electron chi connectivity index (χ0n) is 25.0. The monoisotopic (exact) mass is 600 g/mol. The molecule has 0 amide bonds. The van der Waals surface area contributed by atoms with Gasteiger partial charge in [-0.25, -0.2) is 9.97 Å². The van der Waals surface area contributed by atoms with Gasteiger partial charge in [0.05, 0.1) is 27.6 Å². The zero-order valence-corrected chi connectivity index (χ0v) is 25.0.